The van der Waals surface area contributed by atoms with Crippen LogP contribution in [0.25, 0.3) is 0 Å². The number of nitrogens with zero attached hydrogens (tertiary/aromatic N) is 3. The monoisotopic (exact) mass is 263 g/mol. The minimum Gasteiger partial charge on any atom is -0.370 e. The number of hydrogen-bond donors (Lipinski definition) is 2. The molecule has 19 heavy (non-hydrogen) atoms. The maximum absolute atomic E-state index is 4.33. The minimum absolute atomic E-state index is 0.816. The summed E-state index contributed by atoms with van der Waals surface area (Å²) in [5, 5.41) is 6.81. The second kappa shape index (κ2) is 7.28. The molecule has 0 saturated carbocycles. The summed E-state index contributed by atoms with van der Waals surface area (Å²) >= 11 is 0. The van der Waals surface area contributed by atoms with Crippen LogP contribution < -0.4 is 15.5 Å². The molecule has 1 aromatic rings. The molecule has 1 aliphatic rings. The van der Waals surface area contributed by atoms with E-state index in [4.69, 9.17) is 0 Å². The van der Waals surface area contributed by atoms with Crippen molar-refractivity contribution in [2.24, 2.45) is 5.92 Å². The molecule has 2 rings (SSSR count). The molecule has 1 aromatic heterocycles. The maximum atomic E-state index is 4.33. The molecule has 0 spiro atoms. The van der Waals surface area contributed by atoms with Gasteiger partial charge in [0.25, 0.3) is 0 Å². The topological polar surface area (TPSA) is 53.1 Å². The van der Waals surface area contributed by atoms with Crippen molar-refractivity contribution < 1.29 is 0 Å². The van der Waals surface area contributed by atoms with Crippen LogP contribution in [0.15, 0.2) is 12.4 Å². The van der Waals surface area contributed by atoms with Crippen molar-refractivity contribution in [1.29, 1.82) is 0 Å². The molecule has 0 aromatic carbocycles. The van der Waals surface area contributed by atoms with Gasteiger partial charge < -0.3 is 15.5 Å². The lowest BCUT2D eigenvalue weighted by molar-refractivity contribution is 0.549. The molecule has 1 saturated heterocycles. The summed E-state index contributed by atoms with van der Waals surface area (Å²) in [5.74, 6) is 2.75. The summed E-state index contributed by atoms with van der Waals surface area (Å²) in [5.41, 5.74) is 0. The zero-order valence-corrected chi connectivity index (χ0v) is 12.0. The van der Waals surface area contributed by atoms with Crippen molar-refractivity contribution in [3.8, 4) is 0 Å². The van der Waals surface area contributed by atoms with E-state index in [9.17, 15) is 0 Å². The molecule has 2 N–H and O–H groups in total. The summed E-state index contributed by atoms with van der Waals surface area (Å²) in [4.78, 5) is 10.9. The standard InChI is InChI=1S/C14H25N5/c1-3-19(4-2)14-9-13(17-11-18-14)16-8-6-12-5-7-15-10-12/h9,11-12,15H,3-8,10H2,1-2H3,(H,16,17,18). The van der Waals surface area contributed by atoms with Crippen LogP contribution in [0.1, 0.15) is 26.7 Å². The Labute approximate surface area is 115 Å². The van der Waals surface area contributed by atoms with E-state index >= 15 is 0 Å². The van der Waals surface area contributed by atoms with Crippen LogP contribution in [0.2, 0.25) is 0 Å². The molecule has 0 amide bonds. The quantitative estimate of drug-likeness (QED) is 0.785. The van der Waals surface area contributed by atoms with Crippen molar-refractivity contribution >= 4 is 11.6 Å². The molecular weight excluding hydrogens is 238 g/mol. The van der Waals surface area contributed by atoms with Gasteiger partial charge in [-0.3, -0.25) is 0 Å². The largest absolute Gasteiger partial charge is 0.370 e. The van der Waals surface area contributed by atoms with E-state index in [1.165, 1.54) is 19.4 Å². The Kier molecular flexibility index (Phi) is 5.39. The van der Waals surface area contributed by atoms with Crippen LogP contribution in [0.4, 0.5) is 11.6 Å². The van der Waals surface area contributed by atoms with E-state index in [1.807, 2.05) is 6.07 Å². The highest BCUT2D eigenvalue weighted by molar-refractivity contribution is 5.48. The molecule has 1 unspecified atom stereocenters. The third kappa shape index (κ3) is 4.06. The van der Waals surface area contributed by atoms with E-state index in [-0.39, 0.29) is 0 Å². The fraction of sp³-hybridized carbons (Fsp3) is 0.714. The van der Waals surface area contributed by atoms with Crippen LogP contribution in [0.3, 0.4) is 0 Å². The van der Waals surface area contributed by atoms with Crippen molar-refractivity contribution in [3.63, 3.8) is 0 Å². The molecule has 5 nitrogen and oxygen atoms in total. The second-order valence-electron chi connectivity index (χ2n) is 5.01. The Bertz CT molecular complexity index is 372. The van der Waals surface area contributed by atoms with Crippen LogP contribution in [-0.4, -0.2) is 42.7 Å². The van der Waals surface area contributed by atoms with E-state index in [1.54, 1.807) is 6.33 Å². The van der Waals surface area contributed by atoms with Crippen LogP contribution in [0.5, 0.6) is 0 Å². The lowest BCUT2D eigenvalue weighted by Crippen LogP contribution is -2.23. The molecule has 5 heteroatoms. The summed E-state index contributed by atoms with van der Waals surface area (Å²) in [6.45, 7) is 9.56. The van der Waals surface area contributed by atoms with Gasteiger partial charge in [0, 0.05) is 25.7 Å². The van der Waals surface area contributed by atoms with Gasteiger partial charge in [0.2, 0.25) is 0 Å². The molecule has 2 heterocycles. The molecule has 1 atom stereocenters. The molecule has 0 radical (unpaired) electrons. The van der Waals surface area contributed by atoms with Crippen LogP contribution in [-0.2, 0) is 0 Å². The first-order valence-electron chi connectivity index (χ1n) is 7.35. The zero-order chi connectivity index (χ0) is 13.5. The molecule has 1 fully saturated rings. The Morgan fingerprint density at radius 2 is 2.21 bits per heavy atom. The SMILES string of the molecule is CCN(CC)c1cc(NCCC2CCNC2)ncn1. The van der Waals surface area contributed by atoms with Crippen molar-refractivity contribution in [1.82, 2.24) is 15.3 Å². The number of rotatable bonds is 7. The van der Waals surface area contributed by atoms with Gasteiger partial charge in [-0.15, -0.1) is 0 Å². The maximum Gasteiger partial charge on any atom is 0.134 e. The van der Waals surface area contributed by atoms with Gasteiger partial charge in [-0.05, 0) is 45.7 Å². The first-order chi connectivity index (χ1) is 9.33. The van der Waals surface area contributed by atoms with Gasteiger partial charge >= 0.3 is 0 Å². The van der Waals surface area contributed by atoms with Crippen molar-refractivity contribution in [2.45, 2.75) is 26.7 Å². The number of nitrogens with one attached hydrogen (secondary N) is 2. The summed E-state index contributed by atoms with van der Waals surface area (Å²) in [6, 6.07) is 2.04. The first kappa shape index (κ1) is 14.1. The third-order valence-corrected chi connectivity index (χ3v) is 3.76. The Hall–Kier alpha value is -1.36. The van der Waals surface area contributed by atoms with Crippen molar-refractivity contribution in [2.75, 3.05) is 42.9 Å². The highest BCUT2D eigenvalue weighted by Crippen LogP contribution is 2.15. The smallest absolute Gasteiger partial charge is 0.134 e. The van der Waals surface area contributed by atoms with E-state index < -0.39 is 0 Å². The fourth-order valence-corrected chi connectivity index (χ4v) is 2.53. The van der Waals surface area contributed by atoms with Crippen LogP contribution in [0, 0.1) is 5.92 Å². The third-order valence-electron chi connectivity index (χ3n) is 3.76. The van der Waals surface area contributed by atoms with E-state index in [0.29, 0.717) is 0 Å². The summed E-state index contributed by atoms with van der Waals surface area (Å²) in [6.07, 6.45) is 4.15. The minimum atomic E-state index is 0.816. The average molecular weight is 263 g/mol. The average Bonchev–Trinajstić information content (AvgIpc) is 2.94. The van der Waals surface area contributed by atoms with Gasteiger partial charge in [0.05, 0.1) is 0 Å². The lowest BCUT2D eigenvalue weighted by Gasteiger charge is -2.20. The Morgan fingerprint density at radius 3 is 2.89 bits per heavy atom. The normalized spacial score (nSPS) is 18.5. The lowest BCUT2D eigenvalue weighted by atomic mass is 10.1. The molecule has 0 bridgehead atoms. The fourth-order valence-electron chi connectivity index (χ4n) is 2.53. The van der Waals surface area contributed by atoms with Gasteiger partial charge in [-0.25, -0.2) is 9.97 Å². The first-order valence-corrected chi connectivity index (χ1v) is 7.35. The Morgan fingerprint density at radius 1 is 1.37 bits per heavy atom. The molecular formula is C14H25N5. The van der Waals surface area contributed by atoms with Crippen LogP contribution >= 0.6 is 0 Å². The summed E-state index contributed by atoms with van der Waals surface area (Å²) in [7, 11) is 0. The highest BCUT2D eigenvalue weighted by atomic mass is 15.2. The van der Waals surface area contributed by atoms with Gasteiger partial charge in [-0.1, -0.05) is 0 Å². The summed E-state index contributed by atoms with van der Waals surface area (Å²) < 4.78 is 0. The Balaban J connectivity index is 1.84. The molecule has 1 aliphatic heterocycles. The molecule has 0 aliphatic carbocycles. The van der Waals surface area contributed by atoms with E-state index in [0.717, 1.165) is 43.7 Å². The zero-order valence-electron chi connectivity index (χ0n) is 12.0. The predicted molar refractivity (Wildman–Crippen MR) is 79.7 cm³/mol. The second-order valence-corrected chi connectivity index (χ2v) is 5.01. The number of hydrogen-bond acceptors (Lipinski definition) is 5. The van der Waals surface area contributed by atoms with Crippen molar-refractivity contribution in [3.05, 3.63) is 12.4 Å². The van der Waals surface area contributed by atoms with Gasteiger partial charge in [0.15, 0.2) is 0 Å². The molecule has 106 valence electrons. The highest BCUT2D eigenvalue weighted by Gasteiger charge is 2.13. The number of anilines is 2. The van der Waals surface area contributed by atoms with Gasteiger partial charge in [-0.2, -0.15) is 0 Å². The van der Waals surface area contributed by atoms with E-state index in [2.05, 4.69) is 39.3 Å². The number of aromatic nitrogens is 2. The van der Waals surface area contributed by atoms with Gasteiger partial charge in [0.1, 0.15) is 18.0 Å². The predicted octanol–water partition coefficient (Wildman–Crippen LogP) is 1.73.